The van der Waals surface area contributed by atoms with Crippen molar-refractivity contribution in [2.75, 3.05) is 0 Å². The summed E-state index contributed by atoms with van der Waals surface area (Å²) in [7, 11) is 0. The highest BCUT2D eigenvalue weighted by atomic mass is 35.5. The van der Waals surface area contributed by atoms with Crippen molar-refractivity contribution in [3.05, 3.63) is 59.1 Å². The van der Waals surface area contributed by atoms with E-state index in [9.17, 15) is 24.1 Å². The molecule has 27 heavy (non-hydrogen) atoms. The van der Waals surface area contributed by atoms with Crippen molar-refractivity contribution in [3.63, 3.8) is 0 Å². The molecule has 0 bridgehead atoms. The van der Waals surface area contributed by atoms with Crippen molar-refractivity contribution in [1.29, 1.82) is 0 Å². The number of halogens is 3. The highest BCUT2D eigenvalue weighted by Crippen LogP contribution is 2.38. The largest absolute Gasteiger partial charge is 0.387 e. The van der Waals surface area contributed by atoms with Crippen molar-refractivity contribution in [2.24, 2.45) is 0 Å². The minimum Gasteiger partial charge on any atom is -0.387 e. The summed E-state index contributed by atoms with van der Waals surface area (Å²) in [5, 5.41) is 31.9. The van der Waals surface area contributed by atoms with Crippen LogP contribution in [-0.4, -0.2) is 48.2 Å². The monoisotopic (exact) mass is 397 g/mol. The summed E-state index contributed by atoms with van der Waals surface area (Å²) in [5.41, 5.74) is 0.378. The molecule has 3 N–H and O–H groups in total. The third-order valence-corrected chi connectivity index (χ3v) is 4.91. The molecule has 10 heteroatoms. The lowest BCUT2D eigenvalue weighted by atomic mass is 9.99. The van der Waals surface area contributed by atoms with E-state index in [2.05, 4.69) is 9.97 Å². The fraction of sp³-hybridized carbons (Fsp3) is 0.294. The van der Waals surface area contributed by atoms with Gasteiger partial charge >= 0.3 is 0 Å². The average Bonchev–Trinajstić information content (AvgIpc) is 3.20. The molecular weight excluding hydrogens is 384 g/mol. The number of aromatic nitrogens is 3. The molecule has 0 spiro atoms. The van der Waals surface area contributed by atoms with E-state index in [0.717, 1.165) is 12.1 Å². The molecule has 0 unspecified atom stereocenters. The van der Waals surface area contributed by atoms with Crippen LogP contribution in [0.3, 0.4) is 0 Å². The first-order valence-corrected chi connectivity index (χ1v) is 8.38. The van der Waals surface area contributed by atoms with Crippen LogP contribution in [0.15, 0.2) is 36.8 Å². The molecule has 7 nitrogen and oxygen atoms in total. The molecule has 1 saturated heterocycles. The van der Waals surface area contributed by atoms with Gasteiger partial charge in [0.15, 0.2) is 17.9 Å². The lowest BCUT2D eigenvalue weighted by molar-refractivity contribution is -0.0849. The van der Waals surface area contributed by atoms with Crippen LogP contribution >= 0.6 is 11.6 Å². The van der Waals surface area contributed by atoms with Gasteiger partial charge in [-0.15, -0.1) is 0 Å². The Morgan fingerprint density at radius 2 is 1.89 bits per heavy atom. The second-order valence-electron chi connectivity index (χ2n) is 6.22. The van der Waals surface area contributed by atoms with Gasteiger partial charge < -0.3 is 24.6 Å². The van der Waals surface area contributed by atoms with Gasteiger partial charge in [0.1, 0.15) is 41.5 Å². The van der Waals surface area contributed by atoms with Crippen molar-refractivity contribution >= 4 is 22.6 Å². The zero-order valence-electron chi connectivity index (χ0n) is 13.6. The number of ether oxygens (including phenoxy) is 1. The normalized spacial score (nSPS) is 26.6. The molecule has 1 aliphatic rings. The van der Waals surface area contributed by atoms with Gasteiger partial charge in [-0.2, -0.15) is 0 Å². The molecule has 0 aliphatic carbocycles. The molecule has 5 atom stereocenters. The predicted octanol–water partition coefficient (Wildman–Crippen LogP) is 1.72. The summed E-state index contributed by atoms with van der Waals surface area (Å²) in [5.74, 6) is -2.20. The van der Waals surface area contributed by atoms with Gasteiger partial charge in [-0.05, 0) is 23.8 Å². The summed E-state index contributed by atoms with van der Waals surface area (Å²) >= 11 is 6.01. The Morgan fingerprint density at radius 1 is 1.11 bits per heavy atom. The van der Waals surface area contributed by atoms with Crippen molar-refractivity contribution in [1.82, 2.24) is 14.5 Å². The number of benzene rings is 1. The summed E-state index contributed by atoms with van der Waals surface area (Å²) in [6.07, 6.45) is -3.93. The Hall–Kier alpha value is -2.17. The molecule has 2 aromatic heterocycles. The predicted molar refractivity (Wildman–Crippen MR) is 89.8 cm³/mol. The first-order chi connectivity index (χ1) is 12.9. The van der Waals surface area contributed by atoms with Crippen LogP contribution in [0.25, 0.3) is 11.0 Å². The number of nitrogens with zero attached hydrogens (tertiary/aromatic N) is 3. The second kappa shape index (κ2) is 6.77. The van der Waals surface area contributed by atoms with Gasteiger partial charge in [0, 0.05) is 6.20 Å². The molecular formula is C17H14ClF2N3O4. The second-order valence-corrected chi connectivity index (χ2v) is 6.57. The van der Waals surface area contributed by atoms with Crippen molar-refractivity contribution in [2.45, 2.75) is 30.6 Å². The van der Waals surface area contributed by atoms with E-state index < -0.39 is 42.3 Å². The quantitative estimate of drug-likeness (QED) is 0.582. The molecule has 1 aromatic carbocycles. The summed E-state index contributed by atoms with van der Waals surface area (Å²) in [6.45, 7) is 0. The van der Waals surface area contributed by atoms with E-state index in [4.69, 9.17) is 16.3 Å². The van der Waals surface area contributed by atoms with Crippen LogP contribution in [0.5, 0.6) is 0 Å². The van der Waals surface area contributed by atoms with E-state index in [0.29, 0.717) is 11.0 Å². The van der Waals surface area contributed by atoms with Gasteiger partial charge in [-0.25, -0.2) is 18.7 Å². The average molecular weight is 398 g/mol. The first-order valence-electron chi connectivity index (χ1n) is 8.00. The van der Waals surface area contributed by atoms with Gasteiger partial charge in [-0.3, -0.25) is 0 Å². The maximum Gasteiger partial charge on any atom is 0.164 e. The lowest BCUT2D eigenvalue weighted by Crippen LogP contribution is -2.34. The van der Waals surface area contributed by atoms with E-state index in [1.165, 1.54) is 17.0 Å². The minimum atomic E-state index is -1.49. The Morgan fingerprint density at radius 3 is 2.63 bits per heavy atom. The molecule has 0 radical (unpaired) electrons. The van der Waals surface area contributed by atoms with Crippen molar-refractivity contribution < 1.29 is 28.8 Å². The molecule has 3 aromatic rings. The van der Waals surface area contributed by atoms with Crippen LogP contribution in [0, 0.1) is 11.6 Å². The van der Waals surface area contributed by atoms with Gasteiger partial charge in [0.2, 0.25) is 0 Å². The van der Waals surface area contributed by atoms with Gasteiger partial charge in [0.05, 0.1) is 5.39 Å². The maximum atomic E-state index is 13.4. The summed E-state index contributed by atoms with van der Waals surface area (Å²) in [4.78, 5) is 7.96. The van der Waals surface area contributed by atoms with Gasteiger partial charge in [-0.1, -0.05) is 17.7 Å². The van der Waals surface area contributed by atoms with E-state index in [1.807, 2.05) is 0 Å². The Kier molecular flexibility index (Phi) is 4.57. The number of rotatable bonds is 3. The summed E-state index contributed by atoms with van der Waals surface area (Å²) < 4.78 is 33.7. The van der Waals surface area contributed by atoms with E-state index in [-0.39, 0.29) is 10.7 Å². The fourth-order valence-electron chi connectivity index (χ4n) is 3.21. The molecule has 1 fully saturated rings. The highest BCUT2D eigenvalue weighted by molar-refractivity contribution is 6.33. The number of aliphatic hydroxyl groups excluding tert-OH is 3. The third kappa shape index (κ3) is 2.97. The van der Waals surface area contributed by atoms with Crippen LogP contribution < -0.4 is 0 Å². The Balaban J connectivity index is 1.66. The number of hydrogen-bond donors (Lipinski definition) is 3. The van der Waals surface area contributed by atoms with Crippen molar-refractivity contribution in [3.8, 4) is 0 Å². The third-order valence-electron chi connectivity index (χ3n) is 4.61. The van der Waals surface area contributed by atoms with Crippen LogP contribution in [-0.2, 0) is 4.74 Å². The maximum absolute atomic E-state index is 13.4. The molecule has 3 heterocycles. The molecule has 0 saturated carbocycles. The smallest absolute Gasteiger partial charge is 0.164 e. The van der Waals surface area contributed by atoms with Crippen LogP contribution in [0.4, 0.5) is 8.78 Å². The van der Waals surface area contributed by atoms with E-state index in [1.54, 1.807) is 12.3 Å². The summed E-state index contributed by atoms with van der Waals surface area (Å²) in [6, 6.07) is 4.48. The fourth-order valence-corrected chi connectivity index (χ4v) is 3.40. The topological polar surface area (TPSA) is 101 Å². The number of hydrogen-bond acceptors (Lipinski definition) is 6. The highest BCUT2D eigenvalue weighted by Gasteiger charge is 2.47. The Bertz CT molecular complexity index is 1000. The molecule has 1 aliphatic heterocycles. The first kappa shape index (κ1) is 18.2. The molecule has 4 rings (SSSR count). The molecule has 142 valence electrons. The number of fused-ring (bicyclic) bond motifs is 1. The lowest BCUT2D eigenvalue weighted by Gasteiger charge is -2.21. The van der Waals surface area contributed by atoms with Gasteiger partial charge in [0.25, 0.3) is 0 Å². The van der Waals surface area contributed by atoms with Crippen LogP contribution in [0.1, 0.15) is 17.9 Å². The number of aliphatic hydroxyl groups is 3. The van der Waals surface area contributed by atoms with E-state index >= 15 is 0 Å². The standard InChI is InChI=1S/C17H14ClF2N3O4/c18-15-8-3-4-23(16(8)22-6-21-15)17-13(26)12(25)14(27-17)11(24)7-1-2-9(19)10(20)5-7/h1-6,11-14,17,24-26H/t11-,12+,13-,14-,17-/m1/s1. The minimum absolute atomic E-state index is 0.00790. The zero-order valence-corrected chi connectivity index (χ0v) is 14.3. The van der Waals surface area contributed by atoms with Crippen LogP contribution in [0.2, 0.25) is 5.15 Å². The molecule has 0 amide bonds. The SMILES string of the molecule is O[C@@H]1[C@H](O)[C@@H]([C@H](O)c2ccc(F)c(F)c2)O[C@H]1n1ccc2c(Cl)ncnc21. The Labute approximate surface area is 156 Å². The zero-order chi connectivity index (χ0) is 19.3.